The molecule has 32 heavy (non-hydrogen) atoms. The van der Waals surface area contributed by atoms with Gasteiger partial charge in [0.1, 0.15) is 17.6 Å². The van der Waals surface area contributed by atoms with E-state index in [0.29, 0.717) is 30.4 Å². The Kier molecular flexibility index (Phi) is 5.96. The fourth-order valence-corrected chi connectivity index (χ4v) is 5.44. The molecule has 4 aliphatic rings. The van der Waals surface area contributed by atoms with E-state index in [1.165, 1.54) is 12.8 Å². The average molecular weight is 438 g/mol. The van der Waals surface area contributed by atoms with Crippen LogP contribution in [0.15, 0.2) is 36.4 Å². The summed E-state index contributed by atoms with van der Waals surface area (Å²) in [7, 11) is 3.29. The van der Waals surface area contributed by atoms with Crippen molar-refractivity contribution in [2.24, 2.45) is 0 Å². The van der Waals surface area contributed by atoms with E-state index >= 15 is 0 Å². The predicted octanol–water partition coefficient (Wildman–Crippen LogP) is 5.04. The van der Waals surface area contributed by atoms with Gasteiger partial charge in [-0.05, 0) is 49.6 Å². The van der Waals surface area contributed by atoms with Crippen molar-refractivity contribution in [2.75, 3.05) is 20.8 Å². The summed E-state index contributed by atoms with van der Waals surface area (Å²) in [4.78, 5) is 15.2. The van der Waals surface area contributed by atoms with Crippen LogP contribution in [0.3, 0.4) is 0 Å². The standard InChI is InChI=1S/C26H31NO5/c1-29-24-15-21-22-14-20(13-18-5-3-4-12-27(18)22)32-26(28)11-8-17-6-9-19(10-7-17)31-23(21)16-25(24)30-2/h6-7,9-10,15-16,18,20,22H,3-5,8,11-14H2,1-2H3/t18-,20+,22-/m1/s1. The van der Waals surface area contributed by atoms with Crippen molar-refractivity contribution in [3.05, 3.63) is 47.5 Å². The summed E-state index contributed by atoms with van der Waals surface area (Å²) in [5.41, 5.74) is 2.15. The number of methoxy groups -OCH3 is 2. The SMILES string of the molecule is COc1cc2c(cc1OC)[C@H]1C[C@H](C[C@H]3CCCCN31)OC(=O)CCc1ccc(cc1)O2. The molecular formula is C26H31NO5. The Labute approximate surface area is 189 Å². The summed E-state index contributed by atoms with van der Waals surface area (Å²) in [6.45, 7) is 1.04. The summed E-state index contributed by atoms with van der Waals surface area (Å²) in [6.07, 6.45) is 6.18. The molecule has 2 fully saturated rings. The summed E-state index contributed by atoms with van der Waals surface area (Å²) in [5, 5.41) is 0. The van der Waals surface area contributed by atoms with Gasteiger partial charge in [-0.2, -0.15) is 0 Å². The molecule has 0 amide bonds. The van der Waals surface area contributed by atoms with Crippen LogP contribution in [0.5, 0.6) is 23.0 Å². The fourth-order valence-electron chi connectivity index (χ4n) is 5.44. The van der Waals surface area contributed by atoms with E-state index in [2.05, 4.69) is 4.90 Å². The quantitative estimate of drug-likeness (QED) is 0.614. The van der Waals surface area contributed by atoms with E-state index in [4.69, 9.17) is 18.9 Å². The number of fused-ring (bicyclic) bond motifs is 6. The Hall–Kier alpha value is -2.73. The van der Waals surface area contributed by atoms with Crippen molar-refractivity contribution in [3.63, 3.8) is 0 Å². The van der Waals surface area contributed by atoms with E-state index in [-0.39, 0.29) is 18.1 Å². The van der Waals surface area contributed by atoms with E-state index in [0.717, 1.165) is 48.4 Å². The fraction of sp³-hybridized carbons (Fsp3) is 0.500. The maximum atomic E-state index is 12.7. The number of hydrogen-bond acceptors (Lipinski definition) is 6. The van der Waals surface area contributed by atoms with Gasteiger partial charge in [0.05, 0.1) is 14.2 Å². The molecule has 0 aliphatic carbocycles. The molecule has 0 radical (unpaired) electrons. The highest BCUT2D eigenvalue weighted by molar-refractivity contribution is 5.70. The maximum absolute atomic E-state index is 12.7. The molecule has 0 aromatic heterocycles. The Bertz CT molecular complexity index is 973. The Morgan fingerprint density at radius 3 is 2.53 bits per heavy atom. The number of esters is 1. The van der Waals surface area contributed by atoms with Gasteiger partial charge in [-0.25, -0.2) is 0 Å². The first-order valence-corrected chi connectivity index (χ1v) is 11.6. The van der Waals surface area contributed by atoms with Gasteiger partial charge in [0.2, 0.25) is 0 Å². The topological polar surface area (TPSA) is 57.2 Å². The van der Waals surface area contributed by atoms with Crippen LogP contribution < -0.4 is 14.2 Å². The molecule has 6 nitrogen and oxygen atoms in total. The van der Waals surface area contributed by atoms with Gasteiger partial charge in [-0.3, -0.25) is 9.69 Å². The van der Waals surface area contributed by atoms with E-state index < -0.39 is 0 Å². The molecule has 170 valence electrons. The third kappa shape index (κ3) is 4.16. The lowest BCUT2D eigenvalue weighted by Gasteiger charge is -2.47. The number of nitrogens with zero attached hydrogens (tertiary/aromatic N) is 1. The van der Waals surface area contributed by atoms with Crippen LogP contribution in [-0.4, -0.2) is 43.8 Å². The third-order valence-electron chi connectivity index (χ3n) is 7.04. The van der Waals surface area contributed by atoms with Gasteiger partial charge in [0.25, 0.3) is 0 Å². The maximum Gasteiger partial charge on any atom is 0.306 e. The van der Waals surface area contributed by atoms with Crippen molar-refractivity contribution in [1.82, 2.24) is 4.90 Å². The zero-order chi connectivity index (χ0) is 22.1. The predicted molar refractivity (Wildman–Crippen MR) is 121 cm³/mol. The molecule has 4 aliphatic heterocycles. The average Bonchev–Trinajstić information content (AvgIpc) is 2.82. The van der Waals surface area contributed by atoms with Crippen LogP contribution >= 0.6 is 0 Å². The molecule has 2 aromatic rings. The molecule has 0 saturated carbocycles. The van der Waals surface area contributed by atoms with Crippen LogP contribution in [0.4, 0.5) is 0 Å². The summed E-state index contributed by atoms with van der Waals surface area (Å²) >= 11 is 0. The smallest absolute Gasteiger partial charge is 0.306 e. The molecule has 4 heterocycles. The second-order valence-corrected chi connectivity index (χ2v) is 8.98. The van der Waals surface area contributed by atoms with Crippen molar-refractivity contribution in [1.29, 1.82) is 0 Å². The number of ether oxygens (including phenoxy) is 4. The van der Waals surface area contributed by atoms with Crippen LogP contribution in [0.2, 0.25) is 0 Å². The second kappa shape index (κ2) is 9.02. The zero-order valence-corrected chi connectivity index (χ0v) is 18.8. The minimum Gasteiger partial charge on any atom is -0.493 e. The highest BCUT2D eigenvalue weighted by atomic mass is 16.5. The number of piperidine rings is 2. The van der Waals surface area contributed by atoms with Crippen LogP contribution in [0.25, 0.3) is 0 Å². The highest BCUT2D eigenvalue weighted by Gasteiger charge is 2.40. The Balaban J connectivity index is 1.63. The Morgan fingerprint density at radius 1 is 0.969 bits per heavy atom. The third-order valence-corrected chi connectivity index (χ3v) is 7.04. The highest BCUT2D eigenvalue weighted by Crippen LogP contribution is 2.47. The van der Waals surface area contributed by atoms with Crippen LogP contribution in [0, 0.1) is 0 Å². The van der Waals surface area contributed by atoms with Crippen molar-refractivity contribution < 1.29 is 23.7 Å². The largest absolute Gasteiger partial charge is 0.493 e. The van der Waals surface area contributed by atoms with Crippen molar-refractivity contribution in [3.8, 4) is 23.0 Å². The first-order chi connectivity index (χ1) is 15.6. The van der Waals surface area contributed by atoms with E-state index in [9.17, 15) is 4.79 Å². The van der Waals surface area contributed by atoms with Crippen LogP contribution in [-0.2, 0) is 16.0 Å². The zero-order valence-electron chi connectivity index (χ0n) is 18.8. The van der Waals surface area contributed by atoms with Gasteiger partial charge >= 0.3 is 5.97 Å². The van der Waals surface area contributed by atoms with Crippen molar-refractivity contribution in [2.45, 2.75) is 63.1 Å². The number of carbonyl (C=O) groups is 1. The van der Waals surface area contributed by atoms with Gasteiger partial charge in [0.15, 0.2) is 11.5 Å². The second-order valence-electron chi connectivity index (χ2n) is 8.98. The first-order valence-electron chi connectivity index (χ1n) is 11.6. The molecule has 3 atom stereocenters. The van der Waals surface area contributed by atoms with E-state index in [1.807, 2.05) is 36.4 Å². The summed E-state index contributed by atoms with van der Waals surface area (Å²) in [5.74, 6) is 2.73. The molecule has 6 heteroatoms. The lowest BCUT2D eigenvalue weighted by molar-refractivity contribution is -0.154. The molecule has 4 bridgehead atoms. The van der Waals surface area contributed by atoms with Gasteiger partial charge in [0, 0.05) is 43.0 Å². The minimum atomic E-state index is -0.108. The molecule has 0 N–H and O–H groups in total. The summed E-state index contributed by atoms with van der Waals surface area (Å²) < 4.78 is 23.6. The lowest BCUT2D eigenvalue weighted by Crippen LogP contribution is -2.49. The van der Waals surface area contributed by atoms with Crippen molar-refractivity contribution >= 4 is 5.97 Å². The number of aryl methyl sites for hydroxylation is 1. The lowest BCUT2D eigenvalue weighted by atomic mass is 9.84. The van der Waals surface area contributed by atoms with Gasteiger partial charge in [-0.15, -0.1) is 0 Å². The minimum absolute atomic E-state index is 0.0864. The van der Waals surface area contributed by atoms with Gasteiger partial charge in [-0.1, -0.05) is 18.6 Å². The number of rotatable bonds is 2. The monoisotopic (exact) mass is 437 g/mol. The molecule has 6 rings (SSSR count). The Morgan fingerprint density at radius 2 is 1.75 bits per heavy atom. The number of hydrogen-bond donors (Lipinski definition) is 0. The molecular weight excluding hydrogens is 406 g/mol. The van der Waals surface area contributed by atoms with Crippen LogP contribution in [0.1, 0.15) is 55.7 Å². The van der Waals surface area contributed by atoms with E-state index in [1.54, 1.807) is 14.2 Å². The first kappa shape index (κ1) is 21.1. The molecule has 2 aromatic carbocycles. The molecule has 0 unspecified atom stereocenters. The normalized spacial score (nSPS) is 25.6. The summed E-state index contributed by atoms with van der Waals surface area (Å²) in [6, 6.07) is 12.4. The molecule has 0 spiro atoms. The number of benzene rings is 2. The molecule has 2 saturated heterocycles. The number of carbonyl (C=O) groups excluding carboxylic acids is 1. The van der Waals surface area contributed by atoms with Gasteiger partial charge < -0.3 is 18.9 Å².